The number of hydrogen-bond donors (Lipinski definition) is 1. The fraction of sp³-hybridized carbons (Fsp3) is 0.200. The molecule has 21 heavy (non-hydrogen) atoms. The first kappa shape index (κ1) is 14.8. The van der Waals surface area contributed by atoms with Crippen molar-refractivity contribution in [3.8, 4) is 0 Å². The molecule has 11 heteroatoms. The van der Waals surface area contributed by atoms with Crippen LogP contribution in [-0.4, -0.2) is 23.5 Å². The van der Waals surface area contributed by atoms with E-state index in [2.05, 4.69) is 10.2 Å². The van der Waals surface area contributed by atoms with Gasteiger partial charge in [0.05, 0.1) is 9.82 Å². The maximum atomic E-state index is 13.6. The zero-order chi connectivity index (χ0) is 15.8. The summed E-state index contributed by atoms with van der Waals surface area (Å²) in [6.07, 6.45) is 0. The number of rotatable bonds is 4. The van der Waals surface area contributed by atoms with Gasteiger partial charge in [-0.15, -0.1) is 5.10 Å². The molecule has 0 saturated heterocycles. The summed E-state index contributed by atoms with van der Waals surface area (Å²) < 4.78 is 44.5. The maximum absolute atomic E-state index is 13.6. The van der Waals surface area contributed by atoms with Gasteiger partial charge in [-0.05, 0) is 18.6 Å². The van der Waals surface area contributed by atoms with Crippen LogP contribution in [0.3, 0.4) is 0 Å². The molecule has 0 spiro atoms. The van der Waals surface area contributed by atoms with Crippen molar-refractivity contribution in [3.63, 3.8) is 0 Å². The standard InChI is InChI=1S/C10H9FN4O5S/c1-5-3-7(4-8(9(5)11)15(16)17)21(18,19)14-10-13-12-6(2)20-10/h3-4H,1-2H3,(H,13,14). The molecule has 0 saturated carbocycles. The number of anilines is 1. The zero-order valence-corrected chi connectivity index (χ0v) is 11.6. The Morgan fingerprint density at radius 1 is 1.33 bits per heavy atom. The quantitative estimate of drug-likeness (QED) is 0.669. The Morgan fingerprint density at radius 2 is 2.00 bits per heavy atom. The summed E-state index contributed by atoms with van der Waals surface area (Å²) in [5.41, 5.74) is -1.11. The van der Waals surface area contributed by atoms with Crippen molar-refractivity contribution in [3.05, 3.63) is 39.5 Å². The van der Waals surface area contributed by atoms with Crippen molar-refractivity contribution >= 4 is 21.7 Å². The number of halogens is 1. The van der Waals surface area contributed by atoms with E-state index in [0.717, 1.165) is 6.07 Å². The molecule has 2 aromatic rings. The molecule has 112 valence electrons. The van der Waals surface area contributed by atoms with Crippen LogP contribution < -0.4 is 4.72 Å². The molecular formula is C10H9FN4O5S. The van der Waals surface area contributed by atoms with Gasteiger partial charge < -0.3 is 4.42 Å². The molecule has 1 aromatic heterocycles. The second-order valence-electron chi connectivity index (χ2n) is 4.06. The highest BCUT2D eigenvalue weighted by atomic mass is 32.2. The first-order valence-electron chi connectivity index (χ1n) is 5.48. The number of nitro benzene ring substituents is 1. The summed E-state index contributed by atoms with van der Waals surface area (Å²) in [6, 6.07) is 1.19. The lowest BCUT2D eigenvalue weighted by Crippen LogP contribution is -2.14. The Kier molecular flexibility index (Phi) is 3.60. The first-order chi connectivity index (χ1) is 9.70. The van der Waals surface area contributed by atoms with Gasteiger partial charge in [-0.1, -0.05) is 5.10 Å². The Balaban J connectivity index is 2.47. The Bertz CT molecular complexity index is 817. The van der Waals surface area contributed by atoms with E-state index in [9.17, 15) is 22.9 Å². The van der Waals surface area contributed by atoms with E-state index in [4.69, 9.17) is 4.42 Å². The molecule has 2 rings (SSSR count). The van der Waals surface area contributed by atoms with Crippen molar-refractivity contribution in [2.24, 2.45) is 0 Å². The van der Waals surface area contributed by atoms with Gasteiger partial charge in [0.25, 0.3) is 10.0 Å². The van der Waals surface area contributed by atoms with E-state index in [0.29, 0.717) is 6.07 Å². The number of aromatic nitrogens is 2. The van der Waals surface area contributed by atoms with Crippen LogP contribution in [0.15, 0.2) is 21.4 Å². The molecule has 0 bridgehead atoms. The molecule has 1 N–H and O–H groups in total. The van der Waals surface area contributed by atoms with Crippen molar-refractivity contribution in [2.75, 3.05) is 4.72 Å². The molecule has 1 heterocycles. The second-order valence-corrected chi connectivity index (χ2v) is 5.74. The monoisotopic (exact) mass is 316 g/mol. The van der Waals surface area contributed by atoms with Crippen LogP contribution in [0.4, 0.5) is 16.1 Å². The summed E-state index contributed by atoms with van der Waals surface area (Å²) in [4.78, 5) is 9.24. The lowest BCUT2D eigenvalue weighted by molar-refractivity contribution is -0.387. The number of nitro groups is 1. The third-order valence-electron chi connectivity index (χ3n) is 2.46. The van der Waals surface area contributed by atoms with E-state index in [1.807, 2.05) is 4.72 Å². The van der Waals surface area contributed by atoms with Gasteiger partial charge >= 0.3 is 11.7 Å². The summed E-state index contributed by atoms with van der Waals surface area (Å²) in [5.74, 6) is -0.957. The molecule has 1 aromatic carbocycles. The van der Waals surface area contributed by atoms with E-state index in [1.54, 1.807) is 0 Å². The average Bonchev–Trinajstić information content (AvgIpc) is 2.76. The lowest BCUT2D eigenvalue weighted by atomic mass is 10.2. The molecule has 0 radical (unpaired) electrons. The fourth-order valence-corrected chi connectivity index (χ4v) is 2.55. The molecule has 0 aliphatic carbocycles. The molecule has 0 atom stereocenters. The number of hydrogen-bond acceptors (Lipinski definition) is 7. The van der Waals surface area contributed by atoms with Gasteiger partial charge in [0.15, 0.2) is 0 Å². The number of sulfonamides is 1. The molecular weight excluding hydrogens is 307 g/mol. The number of benzene rings is 1. The molecule has 0 unspecified atom stereocenters. The van der Waals surface area contributed by atoms with Crippen LogP contribution in [0.25, 0.3) is 0 Å². The van der Waals surface area contributed by atoms with E-state index >= 15 is 0 Å². The van der Waals surface area contributed by atoms with Gasteiger partial charge in [-0.25, -0.2) is 13.1 Å². The van der Waals surface area contributed by atoms with E-state index in [1.165, 1.54) is 13.8 Å². The van der Waals surface area contributed by atoms with Gasteiger partial charge in [-0.3, -0.25) is 10.1 Å². The highest BCUT2D eigenvalue weighted by molar-refractivity contribution is 7.92. The van der Waals surface area contributed by atoms with Crippen LogP contribution in [0.2, 0.25) is 0 Å². The zero-order valence-electron chi connectivity index (χ0n) is 10.8. The first-order valence-corrected chi connectivity index (χ1v) is 6.96. The number of nitrogens with zero attached hydrogens (tertiary/aromatic N) is 3. The predicted octanol–water partition coefficient (Wildman–Crippen LogP) is 1.53. The van der Waals surface area contributed by atoms with Crippen LogP contribution in [-0.2, 0) is 10.0 Å². The van der Waals surface area contributed by atoms with Crippen molar-refractivity contribution < 1.29 is 22.1 Å². The minimum atomic E-state index is -4.21. The summed E-state index contributed by atoms with van der Waals surface area (Å²) in [6.45, 7) is 2.68. The summed E-state index contributed by atoms with van der Waals surface area (Å²) in [5, 5.41) is 17.6. The van der Waals surface area contributed by atoms with Crippen LogP contribution in [0.5, 0.6) is 0 Å². The number of aryl methyl sites for hydroxylation is 2. The minimum Gasteiger partial charge on any atom is -0.408 e. The van der Waals surface area contributed by atoms with E-state index < -0.39 is 37.4 Å². The van der Waals surface area contributed by atoms with Gasteiger partial charge in [0, 0.05) is 13.0 Å². The van der Waals surface area contributed by atoms with Crippen molar-refractivity contribution in [1.82, 2.24) is 10.2 Å². The minimum absolute atomic E-state index is 0.133. The van der Waals surface area contributed by atoms with Crippen LogP contribution in [0.1, 0.15) is 11.5 Å². The van der Waals surface area contributed by atoms with Gasteiger partial charge in [0.1, 0.15) is 0 Å². The molecule has 0 aliphatic heterocycles. The average molecular weight is 316 g/mol. The van der Waals surface area contributed by atoms with Crippen LogP contribution in [0, 0.1) is 29.8 Å². The predicted molar refractivity (Wildman–Crippen MR) is 67.6 cm³/mol. The molecule has 0 fully saturated rings. The topological polar surface area (TPSA) is 128 Å². The van der Waals surface area contributed by atoms with Gasteiger partial charge in [0.2, 0.25) is 11.7 Å². The van der Waals surface area contributed by atoms with Crippen molar-refractivity contribution in [2.45, 2.75) is 18.7 Å². The van der Waals surface area contributed by atoms with Crippen molar-refractivity contribution in [1.29, 1.82) is 0 Å². The largest absolute Gasteiger partial charge is 0.408 e. The molecule has 0 aliphatic rings. The van der Waals surface area contributed by atoms with Crippen LogP contribution >= 0.6 is 0 Å². The molecule has 0 amide bonds. The highest BCUT2D eigenvalue weighted by Gasteiger charge is 2.25. The Hall–Kier alpha value is -2.56. The maximum Gasteiger partial charge on any atom is 0.329 e. The third kappa shape index (κ3) is 2.97. The lowest BCUT2D eigenvalue weighted by Gasteiger charge is -2.06. The Morgan fingerprint density at radius 3 is 2.52 bits per heavy atom. The summed E-state index contributed by atoms with van der Waals surface area (Å²) >= 11 is 0. The SMILES string of the molecule is Cc1nnc(NS(=O)(=O)c2cc(C)c(F)c([N+](=O)[O-])c2)o1. The Labute approximate surface area is 118 Å². The fourth-order valence-electron chi connectivity index (χ4n) is 1.52. The smallest absolute Gasteiger partial charge is 0.329 e. The summed E-state index contributed by atoms with van der Waals surface area (Å²) in [7, 11) is -4.21. The highest BCUT2D eigenvalue weighted by Crippen LogP contribution is 2.26. The number of nitrogens with one attached hydrogen (secondary N) is 1. The van der Waals surface area contributed by atoms with E-state index in [-0.39, 0.29) is 11.5 Å². The second kappa shape index (κ2) is 5.09. The normalized spacial score (nSPS) is 11.4. The molecule has 9 nitrogen and oxygen atoms in total. The third-order valence-corrected chi connectivity index (χ3v) is 3.76. The van der Waals surface area contributed by atoms with Gasteiger partial charge in [-0.2, -0.15) is 4.39 Å².